The Bertz CT molecular complexity index is 1240. The van der Waals surface area contributed by atoms with Crippen molar-refractivity contribution in [3.05, 3.63) is 36.4 Å². The zero-order valence-corrected chi connectivity index (χ0v) is 23.8. The van der Waals surface area contributed by atoms with Gasteiger partial charge in [0.05, 0.1) is 4.90 Å². The average molecular weight is 542 g/mol. The lowest BCUT2D eigenvalue weighted by molar-refractivity contribution is -0.130. The second kappa shape index (κ2) is 12.2. The second-order valence-electron chi connectivity index (χ2n) is 12.1. The van der Waals surface area contributed by atoms with E-state index in [4.69, 9.17) is 0 Å². The van der Waals surface area contributed by atoms with Crippen LogP contribution < -0.4 is 15.4 Å². The van der Waals surface area contributed by atoms with E-state index in [9.17, 15) is 18.0 Å². The van der Waals surface area contributed by atoms with Crippen LogP contribution in [0.3, 0.4) is 0 Å². The Morgan fingerprint density at radius 3 is 2.13 bits per heavy atom. The van der Waals surface area contributed by atoms with Gasteiger partial charge >= 0.3 is 0 Å². The number of hydrogen-bond donors (Lipinski definition) is 3. The van der Waals surface area contributed by atoms with Gasteiger partial charge in [-0.3, -0.25) is 9.59 Å². The molecule has 0 spiro atoms. The summed E-state index contributed by atoms with van der Waals surface area (Å²) >= 11 is 0. The minimum absolute atomic E-state index is 0.0137. The van der Waals surface area contributed by atoms with Crippen LogP contribution in [-0.2, 0) is 19.6 Å². The molecule has 0 saturated heterocycles. The standard InChI is InChI=1S/C30H43N3O4S/c1-30(2,3)33-38(36,37)27-19-11-16-23-24(27)17-10-18-25(23)31-29(35)26(20-21-12-6-4-7-13-21)32-28(34)22-14-8-5-9-15-22/h10-11,16-19,21-22,26,33H,4-9,12-15,20H2,1-3H3,(H,31,35)(H,32,34). The van der Waals surface area contributed by atoms with Gasteiger partial charge in [-0.2, -0.15) is 0 Å². The zero-order valence-electron chi connectivity index (χ0n) is 23.0. The van der Waals surface area contributed by atoms with Gasteiger partial charge in [-0.25, -0.2) is 13.1 Å². The molecule has 4 rings (SSSR count). The number of hydrogen-bond acceptors (Lipinski definition) is 4. The molecular weight excluding hydrogens is 498 g/mol. The highest BCUT2D eigenvalue weighted by Crippen LogP contribution is 2.31. The number of nitrogens with one attached hydrogen (secondary N) is 3. The fourth-order valence-electron chi connectivity index (χ4n) is 5.94. The van der Waals surface area contributed by atoms with Crippen molar-refractivity contribution in [2.45, 2.75) is 108 Å². The first-order chi connectivity index (χ1) is 18.0. The van der Waals surface area contributed by atoms with E-state index >= 15 is 0 Å². The molecule has 208 valence electrons. The van der Waals surface area contributed by atoms with Gasteiger partial charge in [0.25, 0.3) is 0 Å². The van der Waals surface area contributed by atoms with E-state index in [1.54, 1.807) is 51.1 Å². The molecule has 0 aliphatic heterocycles. The van der Waals surface area contributed by atoms with Gasteiger partial charge in [0.2, 0.25) is 21.8 Å². The molecule has 2 aliphatic carbocycles. The third-order valence-electron chi connectivity index (χ3n) is 7.77. The molecule has 0 aromatic heterocycles. The van der Waals surface area contributed by atoms with Gasteiger partial charge in [-0.05, 0) is 58.1 Å². The molecule has 2 aromatic carbocycles. The number of benzene rings is 2. The highest BCUT2D eigenvalue weighted by Gasteiger charge is 2.30. The molecule has 8 heteroatoms. The molecule has 2 fully saturated rings. The minimum atomic E-state index is -3.77. The highest BCUT2D eigenvalue weighted by molar-refractivity contribution is 7.89. The molecule has 0 bridgehead atoms. The number of amides is 2. The van der Waals surface area contributed by atoms with Crippen molar-refractivity contribution < 1.29 is 18.0 Å². The first-order valence-corrected chi connectivity index (χ1v) is 15.7. The van der Waals surface area contributed by atoms with Crippen LogP contribution in [0, 0.1) is 11.8 Å². The molecule has 3 N–H and O–H groups in total. The van der Waals surface area contributed by atoms with E-state index in [2.05, 4.69) is 15.4 Å². The van der Waals surface area contributed by atoms with E-state index in [1.165, 1.54) is 25.7 Å². The Morgan fingerprint density at radius 2 is 1.47 bits per heavy atom. The summed E-state index contributed by atoms with van der Waals surface area (Å²) in [7, 11) is -3.77. The van der Waals surface area contributed by atoms with Crippen molar-refractivity contribution in [1.82, 2.24) is 10.0 Å². The summed E-state index contributed by atoms with van der Waals surface area (Å²) in [5.74, 6) is 0.137. The third-order valence-corrected chi connectivity index (χ3v) is 9.59. The zero-order chi connectivity index (χ0) is 27.3. The maximum Gasteiger partial charge on any atom is 0.246 e. The topological polar surface area (TPSA) is 104 Å². The first-order valence-electron chi connectivity index (χ1n) is 14.2. The lowest BCUT2D eigenvalue weighted by Gasteiger charge is -2.29. The molecule has 7 nitrogen and oxygen atoms in total. The molecule has 0 radical (unpaired) electrons. The minimum Gasteiger partial charge on any atom is -0.344 e. The van der Waals surface area contributed by atoms with Crippen LogP contribution >= 0.6 is 0 Å². The SMILES string of the molecule is CC(C)(C)NS(=O)(=O)c1cccc2c(NC(=O)C(CC3CCCCC3)NC(=O)C3CCCCC3)cccc12. The van der Waals surface area contributed by atoms with E-state index < -0.39 is 21.6 Å². The highest BCUT2D eigenvalue weighted by atomic mass is 32.2. The number of sulfonamides is 1. The van der Waals surface area contributed by atoms with Gasteiger partial charge in [0.1, 0.15) is 6.04 Å². The summed E-state index contributed by atoms with van der Waals surface area (Å²) < 4.78 is 29.0. The van der Waals surface area contributed by atoms with E-state index in [-0.39, 0.29) is 22.6 Å². The van der Waals surface area contributed by atoms with Crippen LogP contribution in [0.4, 0.5) is 5.69 Å². The Hall–Kier alpha value is -2.45. The lowest BCUT2D eigenvalue weighted by Crippen LogP contribution is -2.47. The monoisotopic (exact) mass is 541 g/mol. The summed E-state index contributed by atoms with van der Waals surface area (Å²) in [5, 5.41) is 7.33. The maximum atomic E-state index is 13.7. The fourth-order valence-corrected chi connectivity index (χ4v) is 7.59. The fraction of sp³-hybridized carbons (Fsp3) is 0.600. The lowest BCUT2D eigenvalue weighted by atomic mass is 9.84. The molecule has 1 unspecified atom stereocenters. The Morgan fingerprint density at radius 1 is 0.868 bits per heavy atom. The molecule has 0 heterocycles. The third kappa shape index (κ3) is 7.35. The van der Waals surface area contributed by atoms with Crippen molar-refractivity contribution in [3.63, 3.8) is 0 Å². The van der Waals surface area contributed by atoms with E-state index in [0.717, 1.165) is 38.5 Å². The number of fused-ring (bicyclic) bond motifs is 1. The van der Waals surface area contributed by atoms with Crippen molar-refractivity contribution in [3.8, 4) is 0 Å². The largest absolute Gasteiger partial charge is 0.344 e. The van der Waals surface area contributed by atoms with Crippen LogP contribution in [0.5, 0.6) is 0 Å². The number of rotatable bonds is 8. The quantitative estimate of drug-likeness (QED) is 0.388. The molecule has 2 saturated carbocycles. The van der Waals surface area contributed by atoms with Crippen molar-refractivity contribution in [2.24, 2.45) is 11.8 Å². The average Bonchev–Trinajstić information content (AvgIpc) is 2.88. The molecule has 2 amide bonds. The van der Waals surface area contributed by atoms with Gasteiger partial charge in [-0.15, -0.1) is 0 Å². The number of anilines is 1. The predicted molar refractivity (Wildman–Crippen MR) is 152 cm³/mol. The molecule has 38 heavy (non-hydrogen) atoms. The van der Waals surface area contributed by atoms with E-state index in [0.29, 0.717) is 28.8 Å². The van der Waals surface area contributed by atoms with Gasteiger partial charge in [-0.1, -0.05) is 75.6 Å². The van der Waals surface area contributed by atoms with Crippen LogP contribution in [-0.4, -0.2) is 31.8 Å². The van der Waals surface area contributed by atoms with Gasteiger partial charge in [0.15, 0.2) is 0 Å². The summed E-state index contributed by atoms with van der Waals surface area (Å²) in [5.41, 5.74) is -0.0868. The van der Waals surface area contributed by atoms with Crippen LogP contribution in [0.25, 0.3) is 10.8 Å². The van der Waals surface area contributed by atoms with Crippen molar-refractivity contribution in [2.75, 3.05) is 5.32 Å². The van der Waals surface area contributed by atoms with E-state index in [1.807, 2.05) is 6.07 Å². The maximum absolute atomic E-state index is 13.7. The van der Waals surface area contributed by atoms with Crippen LogP contribution in [0.1, 0.15) is 91.4 Å². The first kappa shape index (κ1) is 28.6. The van der Waals surface area contributed by atoms with Crippen molar-refractivity contribution in [1.29, 1.82) is 0 Å². The molecule has 2 aliphatic rings. The summed E-state index contributed by atoms with van der Waals surface area (Å²) in [6.07, 6.45) is 11.4. The number of carbonyl (C=O) groups is 2. The van der Waals surface area contributed by atoms with Gasteiger partial charge in [0, 0.05) is 27.9 Å². The Balaban J connectivity index is 1.59. The van der Waals surface area contributed by atoms with Crippen LogP contribution in [0.2, 0.25) is 0 Å². The summed E-state index contributed by atoms with van der Waals surface area (Å²) in [6.45, 7) is 5.40. The smallest absolute Gasteiger partial charge is 0.246 e. The molecule has 1 atom stereocenters. The summed E-state index contributed by atoms with van der Waals surface area (Å²) in [6, 6.07) is 9.78. The second-order valence-corrected chi connectivity index (χ2v) is 13.8. The Kier molecular flexibility index (Phi) is 9.14. The van der Waals surface area contributed by atoms with Crippen LogP contribution in [0.15, 0.2) is 41.3 Å². The molecule has 2 aromatic rings. The normalized spacial score (nSPS) is 18.7. The Labute approximate surface area is 227 Å². The van der Waals surface area contributed by atoms with Crippen molar-refractivity contribution >= 4 is 38.3 Å². The number of carbonyl (C=O) groups excluding carboxylic acids is 2. The van der Waals surface area contributed by atoms with Gasteiger partial charge < -0.3 is 10.6 Å². The molecular formula is C30H43N3O4S. The summed E-state index contributed by atoms with van der Waals surface area (Å²) in [4.78, 5) is 27.0. The predicted octanol–water partition coefficient (Wildman–Crippen LogP) is 5.89.